The molecule has 29 heavy (non-hydrogen) atoms. The van der Waals surface area contributed by atoms with Crippen LogP contribution in [-0.4, -0.2) is 17.5 Å². The van der Waals surface area contributed by atoms with Gasteiger partial charge in [0.25, 0.3) is 0 Å². The van der Waals surface area contributed by atoms with Crippen LogP contribution in [0.1, 0.15) is 45.0 Å². The van der Waals surface area contributed by atoms with Crippen LogP contribution in [0.4, 0.5) is 11.4 Å². The third-order valence-corrected chi connectivity index (χ3v) is 5.97. The molecule has 0 bridgehead atoms. The average molecular weight is 384 g/mol. The quantitative estimate of drug-likeness (QED) is 0.470. The SMILES string of the molecule is Cc1cc(C)c(N2C=[N+](c3c(C)cc(C)cc3C)C[C@@H]2c2ccccc2)c(C)c1. The highest BCUT2D eigenvalue weighted by Gasteiger charge is 2.37. The molecular formula is C27H31N2+. The van der Waals surface area contributed by atoms with E-state index in [2.05, 4.69) is 112 Å². The van der Waals surface area contributed by atoms with E-state index in [0.29, 0.717) is 0 Å². The Hall–Kier alpha value is -2.87. The highest BCUT2D eigenvalue weighted by Crippen LogP contribution is 2.37. The first kappa shape index (κ1) is 19.4. The molecule has 2 nitrogen and oxygen atoms in total. The molecule has 0 unspecified atom stereocenters. The lowest BCUT2D eigenvalue weighted by atomic mass is 10.0. The number of anilines is 1. The number of rotatable bonds is 3. The molecule has 2 heteroatoms. The normalized spacial score (nSPS) is 16.3. The summed E-state index contributed by atoms with van der Waals surface area (Å²) in [5.74, 6) is 0. The van der Waals surface area contributed by atoms with Crippen molar-refractivity contribution in [1.82, 2.24) is 0 Å². The Morgan fingerprint density at radius 1 is 0.724 bits per heavy atom. The highest BCUT2D eigenvalue weighted by atomic mass is 15.3. The summed E-state index contributed by atoms with van der Waals surface area (Å²) in [7, 11) is 0. The number of hydrogen-bond donors (Lipinski definition) is 0. The largest absolute Gasteiger partial charge is 0.245 e. The zero-order valence-electron chi connectivity index (χ0n) is 18.5. The summed E-state index contributed by atoms with van der Waals surface area (Å²) in [6.45, 7) is 14.2. The Morgan fingerprint density at radius 3 is 1.79 bits per heavy atom. The van der Waals surface area contributed by atoms with Crippen molar-refractivity contribution in [3.8, 4) is 0 Å². The fourth-order valence-electron chi connectivity index (χ4n) is 5.06. The standard InChI is InChI=1S/C27H31N2/c1-18-12-20(3)26(21(4)13-18)28-16-25(24-10-8-7-9-11-24)29(17-28)27-22(5)14-19(2)15-23(27)6/h7-15,17,25H,16H2,1-6H3/q+1/t25-/m1/s1. The second-order valence-electron chi connectivity index (χ2n) is 8.60. The zero-order chi connectivity index (χ0) is 20.7. The maximum atomic E-state index is 2.48. The van der Waals surface area contributed by atoms with Crippen molar-refractivity contribution in [2.24, 2.45) is 0 Å². The fraction of sp³-hybridized carbons (Fsp3) is 0.296. The van der Waals surface area contributed by atoms with Crippen LogP contribution < -0.4 is 4.90 Å². The molecule has 1 atom stereocenters. The van der Waals surface area contributed by atoms with E-state index in [1.54, 1.807) is 0 Å². The van der Waals surface area contributed by atoms with E-state index in [1.807, 2.05) is 0 Å². The van der Waals surface area contributed by atoms with Gasteiger partial charge >= 0.3 is 0 Å². The molecule has 148 valence electrons. The summed E-state index contributed by atoms with van der Waals surface area (Å²) in [6, 6.07) is 20.4. The Labute approximate surface area is 175 Å². The molecule has 1 aliphatic rings. The third-order valence-electron chi connectivity index (χ3n) is 5.97. The second kappa shape index (κ2) is 7.51. The smallest absolute Gasteiger partial charge is 0.228 e. The first-order valence-electron chi connectivity index (χ1n) is 10.5. The molecule has 0 spiro atoms. The number of benzene rings is 3. The molecule has 0 fully saturated rings. The number of hydrogen-bond acceptors (Lipinski definition) is 1. The van der Waals surface area contributed by atoms with Crippen molar-refractivity contribution in [2.45, 2.75) is 47.6 Å². The lowest BCUT2D eigenvalue weighted by molar-refractivity contribution is -0.430. The van der Waals surface area contributed by atoms with Crippen LogP contribution in [0.3, 0.4) is 0 Å². The van der Waals surface area contributed by atoms with Gasteiger partial charge in [-0.3, -0.25) is 0 Å². The monoisotopic (exact) mass is 383 g/mol. The fourth-order valence-corrected chi connectivity index (χ4v) is 5.06. The molecule has 1 aliphatic heterocycles. The first-order chi connectivity index (χ1) is 13.8. The van der Waals surface area contributed by atoms with Gasteiger partial charge in [0.15, 0.2) is 6.04 Å². The molecule has 0 saturated carbocycles. The maximum Gasteiger partial charge on any atom is 0.245 e. The molecule has 4 rings (SSSR count). The van der Waals surface area contributed by atoms with Gasteiger partial charge in [-0.15, -0.1) is 0 Å². The van der Waals surface area contributed by atoms with Crippen LogP contribution in [0, 0.1) is 41.5 Å². The van der Waals surface area contributed by atoms with E-state index >= 15 is 0 Å². The number of aryl methyl sites for hydroxylation is 6. The van der Waals surface area contributed by atoms with Crippen LogP contribution in [0.25, 0.3) is 0 Å². The van der Waals surface area contributed by atoms with Gasteiger partial charge in [0.05, 0.1) is 0 Å². The Morgan fingerprint density at radius 2 is 1.24 bits per heavy atom. The minimum atomic E-state index is 0.288. The van der Waals surface area contributed by atoms with Gasteiger partial charge in [-0.1, -0.05) is 65.7 Å². The molecule has 0 N–H and O–H groups in total. The van der Waals surface area contributed by atoms with E-state index in [9.17, 15) is 0 Å². The van der Waals surface area contributed by atoms with Crippen molar-refractivity contribution in [2.75, 3.05) is 11.4 Å². The van der Waals surface area contributed by atoms with Crippen molar-refractivity contribution in [3.63, 3.8) is 0 Å². The van der Waals surface area contributed by atoms with Gasteiger partial charge in [0.2, 0.25) is 6.34 Å². The van der Waals surface area contributed by atoms with E-state index < -0.39 is 0 Å². The summed E-state index contributed by atoms with van der Waals surface area (Å²) in [4.78, 5) is 2.48. The Bertz CT molecular complexity index is 1050. The van der Waals surface area contributed by atoms with Gasteiger partial charge in [-0.25, -0.2) is 9.48 Å². The van der Waals surface area contributed by atoms with Gasteiger partial charge in [0, 0.05) is 5.56 Å². The molecular weight excluding hydrogens is 352 g/mol. The summed E-state index contributed by atoms with van der Waals surface area (Å²) in [6.07, 6.45) is 2.33. The highest BCUT2D eigenvalue weighted by molar-refractivity contribution is 5.83. The van der Waals surface area contributed by atoms with Crippen LogP contribution in [0.15, 0.2) is 54.6 Å². The van der Waals surface area contributed by atoms with Crippen molar-refractivity contribution < 1.29 is 4.58 Å². The van der Waals surface area contributed by atoms with E-state index in [4.69, 9.17) is 0 Å². The van der Waals surface area contributed by atoms with E-state index in [1.165, 1.54) is 50.3 Å². The molecule has 3 aromatic rings. The van der Waals surface area contributed by atoms with E-state index in [0.717, 1.165) is 6.54 Å². The molecule has 0 amide bonds. The third kappa shape index (κ3) is 3.60. The lowest BCUT2D eigenvalue weighted by Gasteiger charge is -2.21. The first-order valence-corrected chi connectivity index (χ1v) is 10.5. The minimum absolute atomic E-state index is 0.288. The maximum absolute atomic E-state index is 2.48. The van der Waals surface area contributed by atoms with Crippen LogP contribution in [-0.2, 0) is 0 Å². The summed E-state index contributed by atoms with van der Waals surface area (Å²) in [5.41, 5.74) is 12.0. The van der Waals surface area contributed by atoms with Crippen molar-refractivity contribution in [1.29, 1.82) is 0 Å². The van der Waals surface area contributed by atoms with Crippen LogP contribution >= 0.6 is 0 Å². The van der Waals surface area contributed by atoms with Crippen molar-refractivity contribution >= 4 is 17.7 Å². The molecule has 0 aromatic heterocycles. The van der Waals surface area contributed by atoms with Gasteiger partial charge in [0.1, 0.15) is 17.9 Å². The number of nitrogens with zero attached hydrogens (tertiary/aromatic N) is 2. The Balaban J connectivity index is 1.88. The molecule has 3 aromatic carbocycles. The van der Waals surface area contributed by atoms with E-state index in [-0.39, 0.29) is 6.04 Å². The average Bonchev–Trinajstić information content (AvgIpc) is 3.05. The summed E-state index contributed by atoms with van der Waals surface area (Å²) in [5, 5.41) is 0. The lowest BCUT2D eigenvalue weighted by Crippen LogP contribution is -2.25. The van der Waals surface area contributed by atoms with Crippen LogP contribution in [0.2, 0.25) is 0 Å². The Kier molecular flexibility index (Phi) is 5.04. The molecule has 1 heterocycles. The second-order valence-corrected chi connectivity index (χ2v) is 8.60. The molecule has 0 aliphatic carbocycles. The molecule has 0 radical (unpaired) electrons. The van der Waals surface area contributed by atoms with Gasteiger partial charge in [-0.05, 0) is 63.8 Å². The zero-order valence-corrected chi connectivity index (χ0v) is 18.5. The van der Waals surface area contributed by atoms with Gasteiger partial charge in [-0.2, -0.15) is 0 Å². The minimum Gasteiger partial charge on any atom is -0.228 e. The van der Waals surface area contributed by atoms with Gasteiger partial charge < -0.3 is 0 Å². The summed E-state index contributed by atoms with van der Waals surface area (Å²) >= 11 is 0. The molecule has 0 saturated heterocycles. The summed E-state index contributed by atoms with van der Waals surface area (Å²) < 4.78 is 2.44. The topological polar surface area (TPSA) is 6.25 Å². The predicted octanol–water partition coefficient (Wildman–Crippen LogP) is 6.47. The predicted molar refractivity (Wildman–Crippen MR) is 124 cm³/mol. The van der Waals surface area contributed by atoms with Crippen LogP contribution in [0.5, 0.6) is 0 Å². The van der Waals surface area contributed by atoms with Crippen molar-refractivity contribution in [3.05, 3.63) is 93.5 Å².